The number of aromatic nitrogens is 6. The number of nitrogens with one attached hydrogen (secondary N) is 1. The van der Waals surface area contributed by atoms with Crippen molar-refractivity contribution in [3.05, 3.63) is 34.6 Å². The summed E-state index contributed by atoms with van der Waals surface area (Å²) in [6.45, 7) is 4.38. The predicted molar refractivity (Wildman–Crippen MR) is 79.6 cm³/mol. The van der Waals surface area contributed by atoms with E-state index in [0.29, 0.717) is 40.9 Å². The van der Waals surface area contributed by atoms with Crippen molar-refractivity contribution in [2.24, 2.45) is 0 Å². The van der Waals surface area contributed by atoms with Crippen LogP contribution in [0.25, 0.3) is 28.5 Å². The Labute approximate surface area is 124 Å². The number of nitrogens with zero attached hydrogens (tertiary/aromatic N) is 5. The molecule has 0 aromatic carbocycles. The maximum Gasteiger partial charge on any atom is 0.281 e. The lowest BCUT2D eigenvalue weighted by atomic mass is 10.4. The van der Waals surface area contributed by atoms with Gasteiger partial charge in [0.15, 0.2) is 16.9 Å². The normalized spacial score (nSPS) is 11.7. The third-order valence-corrected chi connectivity index (χ3v) is 3.48. The molecule has 4 rings (SSSR count). The van der Waals surface area contributed by atoms with Gasteiger partial charge in [0.25, 0.3) is 5.56 Å². The maximum atomic E-state index is 12.6. The van der Waals surface area contributed by atoms with Crippen LogP contribution in [0.3, 0.4) is 0 Å². The van der Waals surface area contributed by atoms with Gasteiger partial charge in [0.1, 0.15) is 5.82 Å². The van der Waals surface area contributed by atoms with Crippen molar-refractivity contribution >= 4 is 16.9 Å². The lowest BCUT2D eigenvalue weighted by Gasteiger charge is -2.04. The Morgan fingerprint density at radius 2 is 2.23 bits per heavy atom. The highest BCUT2D eigenvalue weighted by molar-refractivity contribution is 5.73. The molecule has 0 unspecified atom stereocenters. The van der Waals surface area contributed by atoms with Gasteiger partial charge in [-0.25, -0.2) is 4.98 Å². The van der Waals surface area contributed by atoms with Crippen molar-refractivity contribution in [3.8, 4) is 11.6 Å². The Balaban J connectivity index is 2.14. The van der Waals surface area contributed by atoms with Crippen molar-refractivity contribution in [2.45, 2.75) is 26.8 Å². The van der Waals surface area contributed by atoms with Crippen LogP contribution in [0, 0.1) is 6.92 Å². The van der Waals surface area contributed by atoms with Gasteiger partial charge in [-0.1, -0.05) is 6.92 Å². The van der Waals surface area contributed by atoms with Crippen molar-refractivity contribution in [1.29, 1.82) is 0 Å². The molecule has 0 radical (unpaired) electrons. The molecule has 8 heteroatoms. The summed E-state index contributed by atoms with van der Waals surface area (Å²) in [5.41, 5.74) is 0.785. The van der Waals surface area contributed by atoms with E-state index in [1.54, 1.807) is 34.4 Å². The number of H-pyrrole nitrogens is 1. The van der Waals surface area contributed by atoms with E-state index in [-0.39, 0.29) is 5.56 Å². The number of hydrogen-bond acceptors (Lipinski definition) is 5. The smallest absolute Gasteiger partial charge is 0.281 e. The molecular formula is C14H14N6O2. The van der Waals surface area contributed by atoms with E-state index in [9.17, 15) is 4.79 Å². The van der Waals surface area contributed by atoms with E-state index >= 15 is 0 Å². The summed E-state index contributed by atoms with van der Waals surface area (Å²) in [7, 11) is 0. The topological polar surface area (TPSA) is 94.0 Å². The molecule has 4 aromatic rings. The summed E-state index contributed by atoms with van der Waals surface area (Å²) in [4.78, 5) is 24.5. The Hall–Kier alpha value is -2.90. The Kier molecular flexibility index (Phi) is 2.65. The number of aromatic amines is 1. The van der Waals surface area contributed by atoms with Gasteiger partial charge in [-0.2, -0.15) is 9.50 Å². The van der Waals surface area contributed by atoms with E-state index in [4.69, 9.17) is 4.42 Å². The highest BCUT2D eigenvalue weighted by atomic mass is 16.3. The molecule has 0 aliphatic rings. The molecule has 0 fully saturated rings. The molecular weight excluding hydrogens is 284 g/mol. The minimum Gasteiger partial charge on any atom is -0.461 e. The summed E-state index contributed by atoms with van der Waals surface area (Å²) >= 11 is 0. The molecule has 1 N–H and O–H groups in total. The fraction of sp³-hybridized carbons (Fsp3) is 0.286. The lowest BCUT2D eigenvalue weighted by molar-refractivity contribution is 0.577. The van der Waals surface area contributed by atoms with Gasteiger partial charge in [0.05, 0.1) is 6.26 Å². The maximum absolute atomic E-state index is 12.6. The van der Waals surface area contributed by atoms with Crippen LogP contribution >= 0.6 is 0 Å². The van der Waals surface area contributed by atoms with Crippen molar-refractivity contribution in [3.63, 3.8) is 0 Å². The van der Waals surface area contributed by atoms with Crippen LogP contribution in [-0.2, 0) is 6.54 Å². The molecule has 4 aromatic heterocycles. The van der Waals surface area contributed by atoms with Crippen LogP contribution in [0.4, 0.5) is 0 Å². The number of aryl methyl sites for hydroxylation is 2. The predicted octanol–water partition coefficient (Wildman–Crippen LogP) is 1.75. The fourth-order valence-electron chi connectivity index (χ4n) is 2.56. The lowest BCUT2D eigenvalue weighted by Crippen LogP contribution is -2.23. The van der Waals surface area contributed by atoms with Crippen molar-refractivity contribution < 1.29 is 4.42 Å². The number of fused-ring (bicyclic) bond motifs is 3. The van der Waals surface area contributed by atoms with Gasteiger partial charge in [-0.05, 0) is 25.5 Å². The first-order valence-corrected chi connectivity index (χ1v) is 7.09. The molecule has 8 nitrogen and oxygen atoms in total. The summed E-state index contributed by atoms with van der Waals surface area (Å²) < 4.78 is 8.54. The molecule has 0 atom stereocenters. The highest BCUT2D eigenvalue weighted by Crippen LogP contribution is 2.18. The summed E-state index contributed by atoms with van der Waals surface area (Å²) in [6, 6.07) is 3.55. The van der Waals surface area contributed by atoms with Crippen LogP contribution in [0.1, 0.15) is 19.2 Å². The van der Waals surface area contributed by atoms with E-state index in [1.165, 1.54) is 0 Å². The molecule has 22 heavy (non-hydrogen) atoms. The molecule has 0 aliphatic carbocycles. The van der Waals surface area contributed by atoms with Gasteiger partial charge < -0.3 is 9.40 Å². The Morgan fingerprint density at radius 1 is 1.36 bits per heavy atom. The third-order valence-electron chi connectivity index (χ3n) is 3.48. The van der Waals surface area contributed by atoms with E-state index in [0.717, 1.165) is 6.42 Å². The van der Waals surface area contributed by atoms with Gasteiger partial charge >= 0.3 is 0 Å². The van der Waals surface area contributed by atoms with Gasteiger partial charge in [-0.3, -0.25) is 9.36 Å². The molecule has 0 amide bonds. The van der Waals surface area contributed by atoms with Crippen LogP contribution in [0.15, 0.2) is 27.6 Å². The highest BCUT2D eigenvalue weighted by Gasteiger charge is 2.19. The Bertz CT molecular complexity index is 1020. The average molecular weight is 298 g/mol. The monoisotopic (exact) mass is 298 g/mol. The first kappa shape index (κ1) is 12.8. The molecule has 4 heterocycles. The first-order valence-electron chi connectivity index (χ1n) is 7.09. The van der Waals surface area contributed by atoms with Crippen LogP contribution in [0.2, 0.25) is 0 Å². The minimum atomic E-state index is -0.136. The number of hydrogen-bond donors (Lipinski definition) is 1. The quantitative estimate of drug-likeness (QED) is 0.622. The third kappa shape index (κ3) is 1.70. The van der Waals surface area contributed by atoms with E-state index in [2.05, 4.69) is 20.1 Å². The summed E-state index contributed by atoms with van der Waals surface area (Å²) in [5, 5.41) is 4.45. The van der Waals surface area contributed by atoms with E-state index in [1.807, 2.05) is 6.92 Å². The van der Waals surface area contributed by atoms with Gasteiger partial charge in [0.2, 0.25) is 11.6 Å². The van der Waals surface area contributed by atoms with Crippen molar-refractivity contribution in [1.82, 2.24) is 29.1 Å². The van der Waals surface area contributed by atoms with Crippen LogP contribution < -0.4 is 5.56 Å². The number of rotatable bonds is 3. The van der Waals surface area contributed by atoms with Crippen molar-refractivity contribution in [2.75, 3.05) is 0 Å². The molecule has 0 spiro atoms. The first-order chi connectivity index (χ1) is 10.7. The Morgan fingerprint density at radius 3 is 2.95 bits per heavy atom. The van der Waals surface area contributed by atoms with E-state index < -0.39 is 0 Å². The second kappa shape index (κ2) is 4.55. The summed E-state index contributed by atoms with van der Waals surface area (Å²) in [5.74, 6) is 2.12. The van der Waals surface area contributed by atoms with Gasteiger partial charge in [-0.15, -0.1) is 5.10 Å². The zero-order chi connectivity index (χ0) is 15.3. The molecule has 0 bridgehead atoms. The second-order valence-corrected chi connectivity index (χ2v) is 5.10. The molecule has 0 saturated carbocycles. The SMILES string of the molecule is CCCn1c(=O)c2[nH]c(C)nc2n2nc(-c3ccco3)nc12. The average Bonchev–Trinajstić information content (AvgIpc) is 3.20. The minimum absolute atomic E-state index is 0.136. The number of furan rings is 1. The largest absolute Gasteiger partial charge is 0.461 e. The zero-order valence-electron chi connectivity index (χ0n) is 12.2. The fourth-order valence-corrected chi connectivity index (χ4v) is 2.56. The number of imidazole rings is 1. The molecule has 0 saturated heterocycles. The molecule has 0 aliphatic heterocycles. The standard InChI is InChI=1S/C14H14N6O2/c1-3-6-19-13(21)10-12(16-8(2)15-10)20-14(19)17-11(18-20)9-5-4-7-22-9/h4-5,7H,3,6H2,1-2H3,(H,15,16). The molecule has 112 valence electrons. The summed E-state index contributed by atoms with van der Waals surface area (Å²) in [6.07, 6.45) is 2.38. The van der Waals surface area contributed by atoms with Crippen LogP contribution in [-0.4, -0.2) is 29.1 Å². The second-order valence-electron chi connectivity index (χ2n) is 5.10. The zero-order valence-corrected chi connectivity index (χ0v) is 12.2. The van der Waals surface area contributed by atoms with Crippen LogP contribution in [0.5, 0.6) is 0 Å². The van der Waals surface area contributed by atoms with Gasteiger partial charge in [0, 0.05) is 6.54 Å².